The second kappa shape index (κ2) is 7.14. The summed E-state index contributed by atoms with van der Waals surface area (Å²) < 4.78 is 0. The van der Waals surface area contributed by atoms with E-state index in [4.69, 9.17) is 5.73 Å². The number of benzene rings is 1. The molecule has 0 aromatic heterocycles. The van der Waals surface area contributed by atoms with Gasteiger partial charge in [-0.05, 0) is 45.0 Å². The predicted octanol–water partition coefficient (Wildman–Crippen LogP) is 2.64. The molecule has 0 aliphatic rings. The summed E-state index contributed by atoms with van der Waals surface area (Å²) in [5.74, 6) is 0.0350. The van der Waals surface area contributed by atoms with Crippen molar-refractivity contribution < 1.29 is 4.79 Å². The molecule has 0 aliphatic heterocycles. The van der Waals surface area contributed by atoms with Crippen molar-refractivity contribution in [1.82, 2.24) is 4.90 Å². The van der Waals surface area contributed by atoms with Gasteiger partial charge in [-0.1, -0.05) is 13.0 Å². The number of carbonyl (C=O) groups is 1. The van der Waals surface area contributed by atoms with E-state index < -0.39 is 0 Å². The lowest BCUT2D eigenvalue weighted by molar-refractivity contribution is -0.116. The van der Waals surface area contributed by atoms with E-state index in [2.05, 4.69) is 31.0 Å². The Morgan fingerprint density at radius 1 is 1.42 bits per heavy atom. The van der Waals surface area contributed by atoms with Crippen LogP contribution in [-0.2, 0) is 4.79 Å². The van der Waals surface area contributed by atoms with Crippen LogP contribution < -0.4 is 11.1 Å². The minimum Gasteiger partial charge on any atom is -0.399 e. The molecule has 0 aliphatic carbocycles. The first-order valence-electron chi connectivity index (χ1n) is 6.84. The van der Waals surface area contributed by atoms with Crippen molar-refractivity contribution in [3.05, 3.63) is 23.8 Å². The maximum Gasteiger partial charge on any atom is 0.225 e. The summed E-state index contributed by atoms with van der Waals surface area (Å²) >= 11 is 0. The van der Waals surface area contributed by atoms with Crippen LogP contribution in [0.2, 0.25) is 0 Å². The Hall–Kier alpha value is -1.55. The van der Waals surface area contributed by atoms with E-state index in [1.165, 1.54) is 0 Å². The highest BCUT2D eigenvalue weighted by molar-refractivity contribution is 5.92. The zero-order valence-electron chi connectivity index (χ0n) is 12.4. The third kappa shape index (κ3) is 4.91. The largest absolute Gasteiger partial charge is 0.399 e. The Bertz CT molecular complexity index is 429. The molecule has 3 N–H and O–H groups in total. The number of nitrogen functional groups attached to an aromatic ring is 1. The molecule has 0 saturated carbocycles. The van der Waals surface area contributed by atoms with Gasteiger partial charge in [0.15, 0.2) is 0 Å². The molecule has 106 valence electrons. The number of aryl methyl sites for hydroxylation is 1. The fraction of sp³-hybridized carbons (Fsp3) is 0.533. The summed E-state index contributed by atoms with van der Waals surface area (Å²) in [6.07, 6.45) is 0.500. The van der Waals surface area contributed by atoms with Crippen LogP contribution in [0.4, 0.5) is 11.4 Å². The van der Waals surface area contributed by atoms with Crippen molar-refractivity contribution in [1.29, 1.82) is 0 Å². The predicted molar refractivity (Wildman–Crippen MR) is 81.2 cm³/mol. The van der Waals surface area contributed by atoms with Crippen molar-refractivity contribution in [2.75, 3.05) is 24.1 Å². The van der Waals surface area contributed by atoms with Gasteiger partial charge in [-0.15, -0.1) is 0 Å². The molecule has 19 heavy (non-hydrogen) atoms. The average Bonchev–Trinajstić information content (AvgIpc) is 2.34. The van der Waals surface area contributed by atoms with E-state index in [-0.39, 0.29) is 5.91 Å². The van der Waals surface area contributed by atoms with Gasteiger partial charge in [0.1, 0.15) is 0 Å². The SMILES string of the molecule is CCN(CCC(=O)Nc1cc(N)ccc1C)C(C)C. The molecular weight excluding hydrogens is 238 g/mol. The number of nitrogens with zero attached hydrogens (tertiary/aromatic N) is 1. The lowest BCUT2D eigenvalue weighted by Gasteiger charge is -2.24. The van der Waals surface area contributed by atoms with Crippen molar-refractivity contribution in [3.63, 3.8) is 0 Å². The zero-order chi connectivity index (χ0) is 14.4. The maximum atomic E-state index is 11.9. The Labute approximate surface area is 116 Å². The zero-order valence-corrected chi connectivity index (χ0v) is 12.4. The molecular formula is C15H25N3O. The van der Waals surface area contributed by atoms with Gasteiger partial charge in [-0.2, -0.15) is 0 Å². The normalized spacial score (nSPS) is 11.1. The second-order valence-corrected chi connectivity index (χ2v) is 5.09. The third-order valence-electron chi connectivity index (χ3n) is 3.30. The molecule has 0 saturated heterocycles. The first-order chi connectivity index (χ1) is 8.93. The molecule has 0 radical (unpaired) electrons. The highest BCUT2D eigenvalue weighted by Gasteiger charge is 2.10. The first kappa shape index (κ1) is 15.5. The van der Waals surface area contributed by atoms with Gasteiger partial charge in [0.05, 0.1) is 0 Å². The molecule has 0 unspecified atom stereocenters. The van der Waals surface area contributed by atoms with Crippen molar-refractivity contribution in [2.24, 2.45) is 0 Å². The number of nitrogens with one attached hydrogen (secondary N) is 1. The number of carbonyl (C=O) groups excluding carboxylic acids is 1. The van der Waals surface area contributed by atoms with E-state index in [1.54, 1.807) is 6.07 Å². The van der Waals surface area contributed by atoms with E-state index in [0.29, 0.717) is 18.2 Å². The minimum atomic E-state index is 0.0350. The van der Waals surface area contributed by atoms with Crippen LogP contribution in [-0.4, -0.2) is 29.9 Å². The monoisotopic (exact) mass is 263 g/mol. The minimum absolute atomic E-state index is 0.0350. The Kier molecular flexibility index (Phi) is 5.83. The van der Waals surface area contributed by atoms with Crippen LogP contribution in [0.15, 0.2) is 18.2 Å². The number of rotatable bonds is 6. The van der Waals surface area contributed by atoms with Crippen LogP contribution in [0.3, 0.4) is 0 Å². The van der Waals surface area contributed by atoms with Crippen molar-refractivity contribution >= 4 is 17.3 Å². The highest BCUT2D eigenvalue weighted by Crippen LogP contribution is 2.18. The molecule has 0 fully saturated rings. The summed E-state index contributed by atoms with van der Waals surface area (Å²) in [6.45, 7) is 10.1. The standard InChI is InChI=1S/C15H25N3O/c1-5-18(11(2)3)9-8-15(19)17-14-10-13(16)7-6-12(14)4/h6-7,10-11H,5,8-9,16H2,1-4H3,(H,17,19). The molecule has 4 nitrogen and oxygen atoms in total. The molecule has 0 bridgehead atoms. The van der Waals surface area contributed by atoms with E-state index in [0.717, 1.165) is 24.3 Å². The van der Waals surface area contributed by atoms with Crippen LogP contribution in [0.5, 0.6) is 0 Å². The number of hydrogen-bond acceptors (Lipinski definition) is 3. The summed E-state index contributed by atoms with van der Waals surface area (Å²) in [5.41, 5.74) is 8.22. The Morgan fingerprint density at radius 3 is 2.68 bits per heavy atom. The second-order valence-electron chi connectivity index (χ2n) is 5.09. The number of hydrogen-bond donors (Lipinski definition) is 2. The first-order valence-corrected chi connectivity index (χ1v) is 6.84. The smallest absolute Gasteiger partial charge is 0.225 e. The van der Waals surface area contributed by atoms with Crippen LogP contribution >= 0.6 is 0 Å². The van der Waals surface area contributed by atoms with Gasteiger partial charge < -0.3 is 16.0 Å². The summed E-state index contributed by atoms with van der Waals surface area (Å²) in [7, 11) is 0. The van der Waals surface area contributed by atoms with Gasteiger partial charge in [0.25, 0.3) is 0 Å². The van der Waals surface area contributed by atoms with Crippen molar-refractivity contribution in [2.45, 2.75) is 40.2 Å². The number of nitrogens with two attached hydrogens (primary N) is 1. The van der Waals surface area contributed by atoms with Gasteiger partial charge in [0.2, 0.25) is 5.91 Å². The molecule has 1 amide bonds. The molecule has 1 aromatic carbocycles. The highest BCUT2D eigenvalue weighted by atomic mass is 16.1. The number of amides is 1. The van der Waals surface area contributed by atoms with Crippen LogP contribution in [0.25, 0.3) is 0 Å². The van der Waals surface area contributed by atoms with E-state index in [9.17, 15) is 4.79 Å². The third-order valence-corrected chi connectivity index (χ3v) is 3.30. The fourth-order valence-corrected chi connectivity index (χ4v) is 2.01. The summed E-state index contributed by atoms with van der Waals surface area (Å²) in [4.78, 5) is 14.2. The lowest BCUT2D eigenvalue weighted by Crippen LogP contribution is -2.33. The Balaban J connectivity index is 2.53. The van der Waals surface area contributed by atoms with Gasteiger partial charge >= 0.3 is 0 Å². The van der Waals surface area contributed by atoms with Gasteiger partial charge in [-0.3, -0.25) is 4.79 Å². The molecule has 1 rings (SSSR count). The molecule has 1 aromatic rings. The van der Waals surface area contributed by atoms with Gasteiger partial charge in [-0.25, -0.2) is 0 Å². The molecule has 4 heteroatoms. The molecule has 0 heterocycles. The van der Waals surface area contributed by atoms with Gasteiger partial charge in [0, 0.05) is 30.4 Å². The maximum absolute atomic E-state index is 11.9. The van der Waals surface area contributed by atoms with E-state index >= 15 is 0 Å². The molecule has 0 spiro atoms. The van der Waals surface area contributed by atoms with Crippen LogP contribution in [0.1, 0.15) is 32.8 Å². The average molecular weight is 263 g/mol. The van der Waals surface area contributed by atoms with E-state index in [1.807, 2.05) is 19.1 Å². The summed E-state index contributed by atoms with van der Waals surface area (Å²) in [6, 6.07) is 6.01. The van der Waals surface area contributed by atoms with Crippen molar-refractivity contribution in [3.8, 4) is 0 Å². The lowest BCUT2D eigenvalue weighted by atomic mass is 10.1. The fourth-order valence-electron chi connectivity index (χ4n) is 2.01. The molecule has 0 atom stereocenters. The summed E-state index contributed by atoms with van der Waals surface area (Å²) in [5, 5.41) is 2.92. The van der Waals surface area contributed by atoms with Crippen LogP contribution in [0, 0.1) is 6.92 Å². The Morgan fingerprint density at radius 2 is 2.11 bits per heavy atom. The quantitative estimate of drug-likeness (QED) is 0.776. The topological polar surface area (TPSA) is 58.4 Å². The number of anilines is 2.